The summed E-state index contributed by atoms with van der Waals surface area (Å²) in [5.74, 6) is -3.75. The topological polar surface area (TPSA) is 20.2 Å². The molecule has 0 aliphatic rings. The van der Waals surface area contributed by atoms with Crippen molar-refractivity contribution in [2.75, 3.05) is 0 Å². The zero-order chi connectivity index (χ0) is 12.1. The molecule has 0 spiro atoms. The van der Waals surface area contributed by atoms with Gasteiger partial charge in [-0.25, -0.2) is 13.2 Å². The quantitative estimate of drug-likeness (QED) is 0.610. The van der Waals surface area contributed by atoms with Gasteiger partial charge in [0.25, 0.3) is 0 Å². The van der Waals surface area contributed by atoms with Gasteiger partial charge in [-0.05, 0) is 43.9 Å². The van der Waals surface area contributed by atoms with Crippen LogP contribution in [0.5, 0.6) is 0 Å². The van der Waals surface area contributed by atoms with E-state index >= 15 is 0 Å². The van der Waals surface area contributed by atoms with E-state index in [0.29, 0.717) is 31.2 Å². The molecule has 0 heterocycles. The lowest BCUT2D eigenvalue weighted by Crippen LogP contribution is -2.00. The van der Waals surface area contributed by atoms with Gasteiger partial charge in [-0.1, -0.05) is 6.42 Å². The van der Waals surface area contributed by atoms with Gasteiger partial charge in [0, 0.05) is 0 Å². The first kappa shape index (κ1) is 13.0. The summed E-state index contributed by atoms with van der Waals surface area (Å²) in [7, 11) is 0. The predicted molar refractivity (Wildman–Crippen MR) is 55.2 cm³/mol. The van der Waals surface area contributed by atoms with Crippen molar-refractivity contribution in [2.24, 2.45) is 0 Å². The molecule has 0 amide bonds. The Morgan fingerprint density at radius 1 is 1.12 bits per heavy atom. The van der Waals surface area contributed by atoms with Crippen molar-refractivity contribution in [2.45, 2.75) is 31.8 Å². The van der Waals surface area contributed by atoms with Gasteiger partial charge in [0.2, 0.25) is 0 Å². The molecule has 0 saturated carbocycles. The normalized spacial score (nSPS) is 12.8. The monoisotopic (exact) mass is 231 g/mol. The van der Waals surface area contributed by atoms with Crippen molar-refractivity contribution in [3.05, 3.63) is 42.1 Å². The first-order valence-electron chi connectivity index (χ1n) is 5.15. The van der Waals surface area contributed by atoms with Crippen molar-refractivity contribution >= 4 is 0 Å². The Bertz CT molecular complexity index is 327. The number of halogens is 3. The Kier molecular flexibility index (Phi) is 4.80. The molecule has 16 heavy (non-hydrogen) atoms. The number of aliphatic hydroxyl groups excluding tert-OH is 1. The number of benzene rings is 1. The maximum absolute atomic E-state index is 12.8. The lowest BCUT2D eigenvalue weighted by Gasteiger charge is -2.05. The SMILES string of the molecule is [CH2]C(O)CCCCc1cc(F)c(F)c(F)c1. The first-order chi connectivity index (χ1) is 7.50. The molecule has 89 valence electrons. The van der Waals surface area contributed by atoms with E-state index in [4.69, 9.17) is 5.11 Å². The van der Waals surface area contributed by atoms with E-state index < -0.39 is 23.6 Å². The third-order valence-electron chi connectivity index (χ3n) is 2.30. The highest BCUT2D eigenvalue weighted by Gasteiger charge is 2.10. The van der Waals surface area contributed by atoms with Crippen LogP contribution in [0, 0.1) is 24.4 Å². The number of rotatable bonds is 5. The molecule has 1 radical (unpaired) electrons. The third-order valence-corrected chi connectivity index (χ3v) is 2.30. The minimum Gasteiger partial charge on any atom is -0.393 e. The Hall–Kier alpha value is -1.03. The molecule has 1 unspecified atom stereocenters. The van der Waals surface area contributed by atoms with Crippen LogP contribution in [0.3, 0.4) is 0 Å². The van der Waals surface area contributed by atoms with Gasteiger partial charge >= 0.3 is 0 Å². The Labute approximate surface area is 92.9 Å². The van der Waals surface area contributed by atoms with E-state index in [1.165, 1.54) is 0 Å². The minimum absolute atomic E-state index is 0.426. The van der Waals surface area contributed by atoms with Crippen molar-refractivity contribution in [3.8, 4) is 0 Å². The lowest BCUT2D eigenvalue weighted by atomic mass is 10.1. The first-order valence-corrected chi connectivity index (χ1v) is 5.15. The second-order valence-corrected chi connectivity index (χ2v) is 3.77. The summed E-state index contributed by atoms with van der Waals surface area (Å²) < 4.78 is 38.2. The fourth-order valence-corrected chi connectivity index (χ4v) is 1.46. The van der Waals surface area contributed by atoms with Crippen LogP contribution >= 0.6 is 0 Å². The predicted octanol–water partition coefficient (Wildman–Crippen LogP) is 3.01. The standard InChI is InChI=1S/C12H14F3O/c1-8(16)4-2-3-5-9-6-10(13)12(15)11(14)7-9/h6-8,16H,1-5H2. The van der Waals surface area contributed by atoms with E-state index in [2.05, 4.69) is 6.92 Å². The van der Waals surface area contributed by atoms with Crippen molar-refractivity contribution in [1.82, 2.24) is 0 Å². The zero-order valence-electron chi connectivity index (χ0n) is 8.85. The Morgan fingerprint density at radius 3 is 2.19 bits per heavy atom. The summed E-state index contributed by atoms with van der Waals surface area (Å²) in [5, 5.41) is 8.89. The third kappa shape index (κ3) is 3.85. The largest absolute Gasteiger partial charge is 0.393 e. The summed E-state index contributed by atoms with van der Waals surface area (Å²) in [6, 6.07) is 2.00. The Balaban J connectivity index is 2.49. The van der Waals surface area contributed by atoms with Crippen molar-refractivity contribution < 1.29 is 18.3 Å². The van der Waals surface area contributed by atoms with Gasteiger partial charge in [-0.3, -0.25) is 0 Å². The summed E-state index contributed by atoms with van der Waals surface area (Å²) in [6.07, 6.45) is 1.79. The molecule has 0 aliphatic heterocycles. The average Bonchev–Trinajstić information content (AvgIpc) is 2.20. The summed E-state index contributed by atoms with van der Waals surface area (Å²) in [4.78, 5) is 0. The minimum atomic E-state index is -1.43. The number of unbranched alkanes of at least 4 members (excludes halogenated alkanes) is 1. The van der Waals surface area contributed by atoms with Crippen molar-refractivity contribution in [1.29, 1.82) is 0 Å². The van der Waals surface area contributed by atoms with Crippen LogP contribution in [0.4, 0.5) is 13.2 Å². The summed E-state index contributed by atoms with van der Waals surface area (Å²) >= 11 is 0. The van der Waals surface area contributed by atoms with Gasteiger partial charge < -0.3 is 5.11 Å². The molecule has 0 saturated heterocycles. The average molecular weight is 231 g/mol. The molecule has 1 N–H and O–H groups in total. The van der Waals surface area contributed by atoms with Gasteiger partial charge in [0.15, 0.2) is 17.5 Å². The molecule has 0 fully saturated rings. The van der Waals surface area contributed by atoms with Crippen LogP contribution in [0.1, 0.15) is 24.8 Å². The number of aliphatic hydroxyl groups is 1. The fraction of sp³-hybridized carbons (Fsp3) is 0.417. The maximum atomic E-state index is 12.8. The molecule has 4 heteroatoms. The summed E-state index contributed by atoms with van der Waals surface area (Å²) in [5.41, 5.74) is 0.426. The molecule has 0 aromatic heterocycles. The summed E-state index contributed by atoms with van der Waals surface area (Å²) in [6.45, 7) is 3.41. The second-order valence-electron chi connectivity index (χ2n) is 3.77. The molecule has 1 aromatic rings. The van der Waals surface area contributed by atoms with Crippen LogP contribution in [0.15, 0.2) is 12.1 Å². The molecular formula is C12H14F3O. The van der Waals surface area contributed by atoms with Crippen LogP contribution in [0.2, 0.25) is 0 Å². The number of hydrogen-bond acceptors (Lipinski definition) is 1. The van der Waals surface area contributed by atoms with Gasteiger partial charge in [0.05, 0.1) is 6.10 Å². The molecule has 1 rings (SSSR count). The lowest BCUT2D eigenvalue weighted by molar-refractivity contribution is 0.206. The number of hydrogen-bond donors (Lipinski definition) is 1. The molecule has 1 nitrogen and oxygen atoms in total. The van der Waals surface area contributed by atoms with Gasteiger partial charge in [-0.15, -0.1) is 0 Å². The molecule has 0 aliphatic carbocycles. The highest BCUT2D eigenvalue weighted by Crippen LogP contribution is 2.15. The highest BCUT2D eigenvalue weighted by molar-refractivity contribution is 5.19. The smallest absolute Gasteiger partial charge is 0.194 e. The van der Waals surface area contributed by atoms with Gasteiger partial charge in [-0.2, -0.15) is 0 Å². The van der Waals surface area contributed by atoms with E-state index in [-0.39, 0.29) is 0 Å². The number of aryl methyl sites for hydroxylation is 1. The van der Waals surface area contributed by atoms with E-state index in [1.807, 2.05) is 0 Å². The van der Waals surface area contributed by atoms with Crippen LogP contribution < -0.4 is 0 Å². The van der Waals surface area contributed by atoms with E-state index in [1.54, 1.807) is 0 Å². The van der Waals surface area contributed by atoms with Crippen LogP contribution in [-0.4, -0.2) is 11.2 Å². The van der Waals surface area contributed by atoms with E-state index in [0.717, 1.165) is 12.1 Å². The van der Waals surface area contributed by atoms with Crippen LogP contribution in [0.25, 0.3) is 0 Å². The zero-order valence-corrected chi connectivity index (χ0v) is 8.85. The molecule has 1 aromatic carbocycles. The Morgan fingerprint density at radius 2 is 1.69 bits per heavy atom. The van der Waals surface area contributed by atoms with E-state index in [9.17, 15) is 13.2 Å². The molecular weight excluding hydrogens is 217 g/mol. The molecule has 0 bridgehead atoms. The maximum Gasteiger partial charge on any atom is 0.194 e. The van der Waals surface area contributed by atoms with Crippen molar-refractivity contribution in [3.63, 3.8) is 0 Å². The highest BCUT2D eigenvalue weighted by atomic mass is 19.2. The fourth-order valence-electron chi connectivity index (χ4n) is 1.46. The molecule has 1 atom stereocenters. The van der Waals surface area contributed by atoms with Gasteiger partial charge in [0.1, 0.15) is 0 Å². The van der Waals surface area contributed by atoms with Crippen LogP contribution in [-0.2, 0) is 6.42 Å². The second kappa shape index (κ2) is 5.89.